The molecule has 1 nitrogen and oxygen atoms in total. The molecule has 1 unspecified atom stereocenters. The first-order chi connectivity index (χ1) is 32.5. The van der Waals surface area contributed by atoms with E-state index >= 15 is 0 Å². The van der Waals surface area contributed by atoms with Gasteiger partial charge < -0.3 is 4.90 Å². The summed E-state index contributed by atoms with van der Waals surface area (Å²) in [6.07, 6.45) is 9.90. The van der Waals surface area contributed by atoms with E-state index in [4.69, 9.17) is 0 Å². The van der Waals surface area contributed by atoms with E-state index in [9.17, 15) is 0 Å². The minimum Gasteiger partial charge on any atom is -0.311 e. The van der Waals surface area contributed by atoms with Crippen LogP contribution in [0.4, 0.5) is 17.1 Å². The average Bonchev–Trinajstić information content (AvgIpc) is 3.39. The van der Waals surface area contributed by atoms with Gasteiger partial charge in [-0.2, -0.15) is 0 Å². The topological polar surface area (TPSA) is 3.24 Å². The summed E-state index contributed by atoms with van der Waals surface area (Å²) in [5.41, 5.74) is 16.9. The summed E-state index contributed by atoms with van der Waals surface area (Å²) in [4.78, 5) is 2.41. The van der Waals surface area contributed by atoms with Crippen LogP contribution >= 0.6 is 0 Å². The molecule has 0 aliphatic heterocycles. The van der Waals surface area contributed by atoms with Crippen LogP contribution in [0.1, 0.15) is 87.6 Å². The van der Waals surface area contributed by atoms with Crippen LogP contribution in [0.3, 0.4) is 0 Å². The zero-order chi connectivity index (χ0) is 45.1. The Hall–Kier alpha value is -6.96. The van der Waals surface area contributed by atoms with Gasteiger partial charge >= 0.3 is 0 Å². The molecule has 0 heterocycles. The summed E-state index contributed by atoms with van der Waals surface area (Å²) in [7, 11) is 0. The first-order valence-electron chi connectivity index (χ1n) is 24.4. The summed E-state index contributed by atoms with van der Waals surface area (Å²) in [5, 5.41) is 5.60. The first kappa shape index (κ1) is 43.0. The van der Waals surface area contributed by atoms with E-state index in [2.05, 4.69) is 245 Å². The minimum absolute atomic E-state index is 0.0786. The fourth-order valence-corrected chi connectivity index (χ4v) is 11.8. The lowest BCUT2D eigenvalue weighted by molar-refractivity contribution is 0.435. The predicted octanol–water partition coefficient (Wildman–Crippen LogP) is 18.1. The van der Waals surface area contributed by atoms with Gasteiger partial charge in [0.05, 0.1) is 0 Å². The Kier molecular flexibility index (Phi) is 12.0. The van der Waals surface area contributed by atoms with Crippen molar-refractivity contribution in [1.82, 2.24) is 0 Å². The van der Waals surface area contributed by atoms with Crippen molar-refractivity contribution in [2.45, 2.75) is 83.5 Å². The molecule has 66 heavy (non-hydrogen) atoms. The van der Waals surface area contributed by atoms with E-state index < -0.39 is 0 Å². The van der Waals surface area contributed by atoms with Crippen LogP contribution in [0.2, 0.25) is 0 Å². The number of nitrogens with zero attached hydrogens (tertiary/aromatic N) is 1. The number of hydrogen-bond acceptors (Lipinski definition) is 1. The van der Waals surface area contributed by atoms with Crippen LogP contribution in [0.25, 0.3) is 43.8 Å². The summed E-state index contributed by atoms with van der Waals surface area (Å²) in [6.45, 7) is 9.63. The Bertz CT molecular complexity index is 2980. The molecule has 1 heteroatoms. The van der Waals surface area contributed by atoms with E-state index in [1.54, 1.807) is 5.57 Å². The Balaban J connectivity index is 1.11. The average molecular weight is 856 g/mol. The summed E-state index contributed by atoms with van der Waals surface area (Å²) in [6, 6.07) is 76.9. The fourth-order valence-electron chi connectivity index (χ4n) is 11.8. The van der Waals surface area contributed by atoms with Crippen LogP contribution in [0.15, 0.2) is 218 Å². The number of allylic oxidation sites excluding steroid dienone is 2. The second-order valence-corrected chi connectivity index (χ2v) is 18.4. The van der Waals surface area contributed by atoms with Crippen molar-refractivity contribution in [3.05, 3.63) is 246 Å². The van der Waals surface area contributed by atoms with Gasteiger partial charge in [0, 0.05) is 27.9 Å². The van der Waals surface area contributed by atoms with E-state index in [-0.39, 0.29) is 10.8 Å². The van der Waals surface area contributed by atoms with Crippen LogP contribution in [-0.4, -0.2) is 0 Å². The maximum Gasteiger partial charge on any atom is 0.0462 e. The number of fused-ring (bicyclic) bond motifs is 3. The highest BCUT2D eigenvalue weighted by Gasteiger charge is 2.41. The number of benzene rings is 9. The fraction of sp³-hybridized carbons (Fsp3) is 0.200. The molecule has 0 spiro atoms. The quantitative estimate of drug-likeness (QED) is 0.0778. The van der Waals surface area contributed by atoms with Gasteiger partial charge in [0.2, 0.25) is 0 Å². The highest BCUT2D eigenvalue weighted by Crippen LogP contribution is 2.53. The largest absolute Gasteiger partial charge is 0.311 e. The zero-order valence-corrected chi connectivity index (χ0v) is 39.1. The molecule has 0 N–H and O–H groups in total. The van der Waals surface area contributed by atoms with Gasteiger partial charge in [-0.3, -0.25) is 0 Å². The molecule has 1 atom stereocenters. The van der Waals surface area contributed by atoms with Crippen molar-refractivity contribution in [2.24, 2.45) is 0 Å². The number of rotatable bonds is 14. The Morgan fingerprint density at radius 3 is 1.20 bits per heavy atom. The molecule has 0 amide bonds. The van der Waals surface area contributed by atoms with Gasteiger partial charge in [0.25, 0.3) is 0 Å². The van der Waals surface area contributed by atoms with Crippen molar-refractivity contribution in [3.63, 3.8) is 0 Å². The van der Waals surface area contributed by atoms with Gasteiger partial charge in [-0.1, -0.05) is 216 Å². The molecule has 0 radical (unpaired) electrons. The lowest BCUT2D eigenvalue weighted by Gasteiger charge is -2.42. The highest BCUT2D eigenvalue weighted by atomic mass is 15.1. The van der Waals surface area contributed by atoms with Crippen LogP contribution < -0.4 is 4.90 Å². The second-order valence-electron chi connectivity index (χ2n) is 18.4. The molecule has 0 aromatic heterocycles. The van der Waals surface area contributed by atoms with E-state index in [0.717, 1.165) is 62.0 Å². The molecule has 0 saturated heterocycles. The second kappa shape index (κ2) is 18.5. The zero-order valence-electron chi connectivity index (χ0n) is 39.1. The van der Waals surface area contributed by atoms with Crippen molar-refractivity contribution in [3.8, 4) is 22.3 Å². The highest BCUT2D eigenvalue weighted by molar-refractivity contribution is 6.08. The molecule has 0 saturated carbocycles. The SMILES string of the molecule is CCCC(CC)(C1=CCc2ccccc2C1)c1c2ccccc2c(C(CC)(CC)c2ccc(N(c3ccc(-c4ccccc4)cc3)c3ccc(-c4ccccc4)cc3)cc2)c2ccccc12. The van der Waals surface area contributed by atoms with Crippen LogP contribution in [0, 0.1) is 0 Å². The molecule has 1 aliphatic rings. The van der Waals surface area contributed by atoms with Gasteiger partial charge in [0.1, 0.15) is 0 Å². The van der Waals surface area contributed by atoms with Crippen molar-refractivity contribution in [1.29, 1.82) is 0 Å². The maximum atomic E-state index is 2.60. The standard InChI is InChI=1S/C65H61N/c1-5-45-65(8-4,54-36-31-49-25-15-16-26-52(49)46-54)63-60-29-19-17-27-58(60)62(59-28-18-20-30-61(59)63)64(6-2,7-3)53-37-43-57(44-38-53)66(55-39-32-50(33-40-55)47-21-11-9-12-22-47)56-41-34-51(35-42-56)48-23-13-10-14-24-48/h9-30,32-44H,5-8,31,45-46H2,1-4H3. The number of anilines is 3. The lowest BCUT2D eigenvalue weighted by atomic mass is 9.61. The molecule has 0 fully saturated rings. The van der Waals surface area contributed by atoms with Crippen molar-refractivity contribution >= 4 is 38.6 Å². The molecule has 9 aromatic carbocycles. The van der Waals surface area contributed by atoms with Crippen molar-refractivity contribution in [2.75, 3.05) is 4.90 Å². The van der Waals surface area contributed by atoms with E-state index in [1.807, 2.05) is 0 Å². The molecule has 1 aliphatic carbocycles. The minimum atomic E-state index is -0.224. The molecule has 9 aromatic rings. The summed E-state index contributed by atoms with van der Waals surface area (Å²) < 4.78 is 0. The smallest absolute Gasteiger partial charge is 0.0462 e. The normalized spacial score (nSPS) is 13.5. The Morgan fingerprint density at radius 1 is 0.379 bits per heavy atom. The third-order valence-electron chi connectivity index (χ3n) is 15.2. The first-order valence-corrected chi connectivity index (χ1v) is 24.4. The lowest BCUT2D eigenvalue weighted by Crippen LogP contribution is -2.32. The molecule has 10 rings (SSSR count). The monoisotopic (exact) mass is 855 g/mol. The van der Waals surface area contributed by atoms with E-state index in [1.165, 1.54) is 71.6 Å². The van der Waals surface area contributed by atoms with Crippen molar-refractivity contribution < 1.29 is 0 Å². The summed E-state index contributed by atoms with van der Waals surface area (Å²) in [5.74, 6) is 0. The molecular formula is C65H61N. The predicted molar refractivity (Wildman–Crippen MR) is 284 cm³/mol. The van der Waals surface area contributed by atoms with Gasteiger partial charge in [-0.25, -0.2) is 0 Å². The maximum absolute atomic E-state index is 2.60. The van der Waals surface area contributed by atoms with Gasteiger partial charge in [-0.05, 0) is 147 Å². The molecular weight excluding hydrogens is 795 g/mol. The Labute approximate surface area is 393 Å². The molecule has 326 valence electrons. The Morgan fingerprint density at radius 2 is 0.758 bits per heavy atom. The summed E-state index contributed by atoms with van der Waals surface area (Å²) >= 11 is 0. The molecule has 0 bridgehead atoms. The third kappa shape index (κ3) is 7.55. The van der Waals surface area contributed by atoms with Crippen LogP contribution in [0.5, 0.6) is 0 Å². The van der Waals surface area contributed by atoms with Crippen LogP contribution in [-0.2, 0) is 23.7 Å². The van der Waals surface area contributed by atoms with E-state index in [0.29, 0.717) is 0 Å². The van der Waals surface area contributed by atoms with Gasteiger partial charge in [0.15, 0.2) is 0 Å². The van der Waals surface area contributed by atoms with Gasteiger partial charge in [-0.15, -0.1) is 0 Å². The number of hydrogen-bond donors (Lipinski definition) is 0. The third-order valence-corrected chi connectivity index (χ3v) is 15.2.